The molecule has 0 bridgehead atoms. The van der Waals surface area contributed by atoms with Crippen LogP contribution in [0.2, 0.25) is 0 Å². The fourth-order valence-corrected chi connectivity index (χ4v) is 4.50. The molecular weight excluding hydrogens is 386 g/mol. The number of anilines is 2. The Morgan fingerprint density at radius 2 is 1.97 bits per heavy atom. The number of nitrogens with one attached hydrogen (secondary N) is 3. The fourth-order valence-electron chi connectivity index (χ4n) is 4.50. The van der Waals surface area contributed by atoms with Crippen LogP contribution in [0.15, 0.2) is 36.7 Å². The van der Waals surface area contributed by atoms with E-state index in [1.54, 1.807) is 12.4 Å². The molecule has 3 aromatic rings. The van der Waals surface area contributed by atoms with Gasteiger partial charge in [0.2, 0.25) is 0 Å². The van der Waals surface area contributed by atoms with Gasteiger partial charge in [0.05, 0.1) is 18.2 Å². The number of nitrogens with zero attached hydrogens (tertiary/aromatic N) is 3. The summed E-state index contributed by atoms with van der Waals surface area (Å²) >= 11 is 0. The van der Waals surface area contributed by atoms with E-state index in [-0.39, 0.29) is 6.42 Å². The van der Waals surface area contributed by atoms with E-state index in [2.05, 4.69) is 39.3 Å². The van der Waals surface area contributed by atoms with Gasteiger partial charge in [0.15, 0.2) is 0 Å². The molecule has 0 amide bonds. The molecule has 158 valence electrons. The molecule has 1 saturated heterocycles. The molecule has 6 nitrogen and oxygen atoms in total. The standard InChI is InChI=1S/C22H26F2N6/c1-13-11-30(12-14(2)28-13)19-5-3-4-15(29-19)9-26-18-6-7-25-21-20(18)16(10-27-21)17-8-22(17,23)24/h3-7,10,13-14,17,28H,8-9,11-12H2,1-2H3,(H2,25,26,27)/t13-,14+,17?. The minimum atomic E-state index is -2.62. The molecule has 0 radical (unpaired) electrons. The Morgan fingerprint density at radius 1 is 1.20 bits per heavy atom. The number of halogens is 2. The lowest BCUT2D eigenvalue weighted by molar-refractivity contribution is 0.112. The number of H-pyrrole nitrogens is 1. The highest BCUT2D eigenvalue weighted by molar-refractivity contribution is 5.93. The van der Waals surface area contributed by atoms with Crippen LogP contribution in [0.4, 0.5) is 20.3 Å². The van der Waals surface area contributed by atoms with Gasteiger partial charge in [-0.3, -0.25) is 0 Å². The van der Waals surface area contributed by atoms with Crippen molar-refractivity contribution < 1.29 is 8.78 Å². The van der Waals surface area contributed by atoms with Crippen LogP contribution in [0.25, 0.3) is 11.0 Å². The zero-order valence-electron chi connectivity index (χ0n) is 17.1. The predicted molar refractivity (Wildman–Crippen MR) is 114 cm³/mol. The molecule has 2 fully saturated rings. The number of aromatic nitrogens is 3. The summed E-state index contributed by atoms with van der Waals surface area (Å²) in [5, 5.41) is 7.68. The van der Waals surface area contributed by atoms with Crippen molar-refractivity contribution >= 4 is 22.5 Å². The zero-order chi connectivity index (χ0) is 20.9. The summed E-state index contributed by atoms with van der Waals surface area (Å²) in [5.74, 6) is -2.38. The molecule has 2 aliphatic rings. The normalized spacial score (nSPS) is 25.5. The minimum Gasteiger partial charge on any atom is -0.379 e. The van der Waals surface area contributed by atoms with Crippen LogP contribution in [0.3, 0.4) is 0 Å². The average Bonchev–Trinajstić information content (AvgIpc) is 3.14. The molecule has 0 aromatic carbocycles. The third-order valence-electron chi connectivity index (χ3n) is 5.94. The van der Waals surface area contributed by atoms with E-state index in [9.17, 15) is 8.78 Å². The Bertz CT molecular complexity index is 1050. The van der Waals surface area contributed by atoms with Crippen molar-refractivity contribution in [3.63, 3.8) is 0 Å². The molecular formula is C22H26F2N6. The monoisotopic (exact) mass is 412 g/mol. The first-order valence-corrected chi connectivity index (χ1v) is 10.5. The molecule has 8 heteroatoms. The smallest absolute Gasteiger partial charge is 0.256 e. The number of alkyl halides is 2. The van der Waals surface area contributed by atoms with Gasteiger partial charge < -0.3 is 20.5 Å². The summed E-state index contributed by atoms with van der Waals surface area (Å²) in [5.41, 5.74) is 2.97. The van der Waals surface area contributed by atoms with Gasteiger partial charge in [-0.25, -0.2) is 18.7 Å². The van der Waals surface area contributed by atoms with E-state index in [1.807, 2.05) is 24.3 Å². The van der Waals surface area contributed by atoms with Gasteiger partial charge >= 0.3 is 0 Å². The number of hydrogen-bond acceptors (Lipinski definition) is 5. The second-order valence-corrected chi connectivity index (χ2v) is 8.56. The molecule has 3 atom stereocenters. The number of piperazine rings is 1. The fraction of sp³-hybridized carbons (Fsp3) is 0.455. The lowest BCUT2D eigenvalue weighted by atomic mass is 10.1. The highest BCUT2D eigenvalue weighted by Crippen LogP contribution is 2.57. The van der Waals surface area contributed by atoms with Gasteiger partial charge in [0, 0.05) is 55.1 Å². The topological polar surface area (TPSA) is 68.9 Å². The van der Waals surface area contributed by atoms with E-state index < -0.39 is 11.8 Å². The second-order valence-electron chi connectivity index (χ2n) is 8.56. The van der Waals surface area contributed by atoms with Gasteiger partial charge in [-0.1, -0.05) is 6.07 Å². The maximum absolute atomic E-state index is 13.7. The first kappa shape index (κ1) is 19.2. The molecule has 5 rings (SSSR count). The van der Waals surface area contributed by atoms with Crippen LogP contribution in [0.5, 0.6) is 0 Å². The predicted octanol–water partition coefficient (Wildman–Crippen LogP) is 3.88. The maximum atomic E-state index is 13.7. The maximum Gasteiger partial charge on any atom is 0.256 e. The molecule has 4 heterocycles. The number of hydrogen-bond donors (Lipinski definition) is 3. The van der Waals surface area contributed by atoms with Gasteiger partial charge in [-0.05, 0) is 37.6 Å². The third kappa shape index (κ3) is 3.60. The van der Waals surface area contributed by atoms with Crippen LogP contribution < -0.4 is 15.5 Å². The second kappa shape index (κ2) is 7.19. The first-order chi connectivity index (χ1) is 14.4. The van der Waals surface area contributed by atoms with Crippen LogP contribution >= 0.6 is 0 Å². The van der Waals surface area contributed by atoms with E-state index in [0.29, 0.717) is 29.8 Å². The SMILES string of the molecule is C[C@@H]1CN(c2cccc(CNc3ccnc4[nH]cc(C5CC5(F)F)c34)n2)C[C@H](C)N1. The lowest BCUT2D eigenvalue weighted by Gasteiger charge is -2.37. The highest BCUT2D eigenvalue weighted by Gasteiger charge is 2.58. The van der Waals surface area contributed by atoms with Crippen molar-refractivity contribution in [1.82, 2.24) is 20.3 Å². The zero-order valence-corrected chi connectivity index (χ0v) is 17.1. The van der Waals surface area contributed by atoms with E-state index in [0.717, 1.165) is 35.7 Å². The Kier molecular flexibility index (Phi) is 4.61. The largest absolute Gasteiger partial charge is 0.379 e. The summed E-state index contributed by atoms with van der Waals surface area (Å²) in [6.45, 7) is 6.71. The molecule has 1 unspecified atom stereocenters. The molecule has 3 N–H and O–H groups in total. The van der Waals surface area contributed by atoms with Crippen molar-refractivity contribution in [3.05, 3.63) is 47.9 Å². The van der Waals surface area contributed by atoms with Crippen molar-refractivity contribution in [3.8, 4) is 0 Å². The summed E-state index contributed by atoms with van der Waals surface area (Å²) in [7, 11) is 0. The van der Waals surface area contributed by atoms with Crippen molar-refractivity contribution in [2.45, 2.75) is 50.7 Å². The van der Waals surface area contributed by atoms with Crippen molar-refractivity contribution in [1.29, 1.82) is 0 Å². The number of pyridine rings is 2. The number of rotatable bonds is 5. The lowest BCUT2D eigenvalue weighted by Crippen LogP contribution is -2.54. The molecule has 0 spiro atoms. The van der Waals surface area contributed by atoms with E-state index >= 15 is 0 Å². The Labute approximate surface area is 174 Å². The summed E-state index contributed by atoms with van der Waals surface area (Å²) < 4.78 is 27.3. The van der Waals surface area contributed by atoms with Gasteiger partial charge in [-0.15, -0.1) is 0 Å². The molecule has 1 aliphatic carbocycles. The van der Waals surface area contributed by atoms with E-state index in [4.69, 9.17) is 4.98 Å². The number of aromatic amines is 1. The number of fused-ring (bicyclic) bond motifs is 1. The van der Waals surface area contributed by atoms with Crippen LogP contribution in [-0.2, 0) is 6.54 Å². The van der Waals surface area contributed by atoms with Gasteiger partial charge in [0.25, 0.3) is 5.92 Å². The quantitative estimate of drug-likeness (QED) is 0.593. The van der Waals surface area contributed by atoms with Crippen molar-refractivity contribution in [2.75, 3.05) is 23.3 Å². The third-order valence-corrected chi connectivity index (χ3v) is 5.94. The Balaban J connectivity index is 1.36. The minimum absolute atomic E-state index is 0.0978. The Hall–Kier alpha value is -2.74. The molecule has 3 aromatic heterocycles. The Morgan fingerprint density at radius 3 is 2.70 bits per heavy atom. The van der Waals surface area contributed by atoms with Crippen LogP contribution in [0.1, 0.15) is 37.4 Å². The summed E-state index contributed by atoms with van der Waals surface area (Å²) in [4.78, 5) is 14.5. The molecule has 1 aliphatic heterocycles. The van der Waals surface area contributed by atoms with Crippen LogP contribution in [-0.4, -0.2) is 46.0 Å². The van der Waals surface area contributed by atoms with Gasteiger partial charge in [-0.2, -0.15) is 0 Å². The summed E-state index contributed by atoms with van der Waals surface area (Å²) in [6.07, 6.45) is 3.25. The molecule has 1 saturated carbocycles. The molecule has 30 heavy (non-hydrogen) atoms. The highest BCUT2D eigenvalue weighted by atomic mass is 19.3. The van der Waals surface area contributed by atoms with Gasteiger partial charge in [0.1, 0.15) is 11.5 Å². The van der Waals surface area contributed by atoms with Crippen LogP contribution in [0, 0.1) is 0 Å². The first-order valence-electron chi connectivity index (χ1n) is 10.5. The van der Waals surface area contributed by atoms with E-state index in [1.165, 1.54) is 0 Å². The average molecular weight is 412 g/mol. The summed E-state index contributed by atoms with van der Waals surface area (Å²) in [6, 6.07) is 8.70. The van der Waals surface area contributed by atoms with Crippen molar-refractivity contribution in [2.24, 2.45) is 0 Å².